The van der Waals surface area contributed by atoms with Gasteiger partial charge in [-0.25, -0.2) is 4.98 Å². The van der Waals surface area contributed by atoms with Crippen LogP contribution in [-0.4, -0.2) is 41.0 Å². The second kappa shape index (κ2) is 7.27. The van der Waals surface area contributed by atoms with Crippen LogP contribution in [0.3, 0.4) is 0 Å². The van der Waals surface area contributed by atoms with E-state index in [-0.39, 0.29) is 18.5 Å². The molecule has 0 spiro atoms. The lowest BCUT2D eigenvalue weighted by Gasteiger charge is -2.23. The van der Waals surface area contributed by atoms with Gasteiger partial charge in [-0.15, -0.1) is 0 Å². The predicted molar refractivity (Wildman–Crippen MR) is 87.8 cm³/mol. The third-order valence-electron chi connectivity index (χ3n) is 4.00. The van der Waals surface area contributed by atoms with Gasteiger partial charge in [-0.1, -0.05) is 12.1 Å². The normalized spacial score (nSPS) is 16.9. The van der Waals surface area contributed by atoms with Gasteiger partial charge in [0, 0.05) is 6.54 Å². The monoisotopic (exact) mass is 328 g/mol. The summed E-state index contributed by atoms with van der Waals surface area (Å²) in [5.41, 5.74) is 6.20. The largest absolute Gasteiger partial charge is 0.493 e. The molecule has 1 amide bonds. The zero-order chi connectivity index (χ0) is 16.9. The number of carbonyl (C=O) groups is 1. The molecule has 0 bridgehead atoms. The van der Waals surface area contributed by atoms with Gasteiger partial charge in [0.05, 0.1) is 37.8 Å². The van der Waals surface area contributed by atoms with E-state index in [2.05, 4.69) is 9.97 Å². The second-order valence-electron chi connectivity index (χ2n) is 5.48. The highest BCUT2D eigenvalue weighted by Crippen LogP contribution is 2.33. The van der Waals surface area contributed by atoms with E-state index in [0.717, 1.165) is 12.8 Å². The first-order valence-corrected chi connectivity index (χ1v) is 7.85. The molecule has 7 nitrogen and oxygen atoms in total. The number of likely N-dealkylation sites (tertiary alicyclic amines) is 1. The molecular formula is C17H20N4O3. The summed E-state index contributed by atoms with van der Waals surface area (Å²) >= 11 is 0. The minimum atomic E-state index is -0.102. The van der Waals surface area contributed by atoms with E-state index in [1.165, 1.54) is 0 Å². The number of nitrogens with zero attached hydrogens (tertiary/aromatic N) is 3. The SMILES string of the molecule is COc1ccccc1Oc1cncc([C@@H]2CCCN2C(=O)CN)n1. The molecule has 2 N–H and O–H groups in total. The fraction of sp³-hybridized carbons (Fsp3) is 0.353. The van der Waals surface area contributed by atoms with E-state index < -0.39 is 0 Å². The van der Waals surface area contributed by atoms with E-state index in [1.807, 2.05) is 18.2 Å². The van der Waals surface area contributed by atoms with Gasteiger partial charge in [0.1, 0.15) is 0 Å². The number of carbonyl (C=O) groups excluding carboxylic acids is 1. The van der Waals surface area contributed by atoms with Crippen molar-refractivity contribution in [3.05, 3.63) is 42.4 Å². The summed E-state index contributed by atoms with van der Waals surface area (Å²) in [6.07, 6.45) is 4.98. The Balaban J connectivity index is 1.83. The van der Waals surface area contributed by atoms with Crippen LogP contribution in [0.15, 0.2) is 36.7 Å². The summed E-state index contributed by atoms with van der Waals surface area (Å²) in [6, 6.07) is 7.23. The maximum Gasteiger partial charge on any atom is 0.238 e. The summed E-state index contributed by atoms with van der Waals surface area (Å²) in [5, 5.41) is 0. The quantitative estimate of drug-likeness (QED) is 0.901. The highest BCUT2D eigenvalue weighted by Gasteiger charge is 2.30. The van der Waals surface area contributed by atoms with Crippen molar-refractivity contribution < 1.29 is 14.3 Å². The van der Waals surface area contributed by atoms with Crippen molar-refractivity contribution in [2.24, 2.45) is 5.73 Å². The molecule has 1 aliphatic rings. The first kappa shape index (κ1) is 16.2. The Kier molecular flexibility index (Phi) is 4.90. The lowest BCUT2D eigenvalue weighted by Crippen LogP contribution is -2.35. The number of para-hydroxylation sites is 2. The zero-order valence-corrected chi connectivity index (χ0v) is 13.5. The Morgan fingerprint density at radius 3 is 2.88 bits per heavy atom. The molecular weight excluding hydrogens is 308 g/mol. The number of benzene rings is 1. The number of ether oxygens (including phenoxy) is 2. The molecule has 1 aromatic carbocycles. The molecule has 0 radical (unpaired) electrons. The van der Waals surface area contributed by atoms with Crippen LogP contribution in [0.2, 0.25) is 0 Å². The van der Waals surface area contributed by atoms with E-state index in [9.17, 15) is 4.79 Å². The first-order chi connectivity index (χ1) is 11.7. The van der Waals surface area contributed by atoms with Crippen molar-refractivity contribution in [1.29, 1.82) is 0 Å². The number of hydrogen-bond acceptors (Lipinski definition) is 6. The fourth-order valence-electron chi connectivity index (χ4n) is 2.88. The van der Waals surface area contributed by atoms with E-state index in [0.29, 0.717) is 29.6 Å². The molecule has 126 valence electrons. The molecule has 1 fully saturated rings. The Morgan fingerprint density at radius 2 is 2.12 bits per heavy atom. The first-order valence-electron chi connectivity index (χ1n) is 7.85. The number of rotatable bonds is 5. The Bertz CT molecular complexity index is 722. The third kappa shape index (κ3) is 3.30. The molecule has 7 heteroatoms. The summed E-state index contributed by atoms with van der Waals surface area (Å²) in [6.45, 7) is 0.696. The van der Waals surface area contributed by atoms with Gasteiger partial charge in [-0.2, -0.15) is 0 Å². The standard InChI is InChI=1S/C17H20N4O3/c1-23-14-6-2-3-7-15(14)24-16-11-19-10-12(20-16)13-5-4-8-21(13)17(22)9-18/h2-3,6-7,10-11,13H,4-5,8-9,18H2,1H3/t13-/m0/s1. The van der Waals surface area contributed by atoms with Crippen LogP contribution in [0.1, 0.15) is 24.6 Å². The Hall–Kier alpha value is -2.67. The van der Waals surface area contributed by atoms with Crippen LogP contribution < -0.4 is 15.2 Å². The fourth-order valence-corrected chi connectivity index (χ4v) is 2.88. The summed E-state index contributed by atoms with van der Waals surface area (Å²) < 4.78 is 11.1. The lowest BCUT2D eigenvalue weighted by molar-refractivity contribution is -0.130. The molecule has 1 saturated heterocycles. The van der Waals surface area contributed by atoms with Crippen molar-refractivity contribution >= 4 is 5.91 Å². The summed E-state index contributed by atoms with van der Waals surface area (Å²) in [5.74, 6) is 1.47. The third-order valence-corrected chi connectivity index (χ3v) is 4.00. The van der Waals surface area contributed by atoms with Crippen LogP contribution in [0.5, 0.6) is 17.4 Å². The van der Waals surface area contributed by atoms with Gasteiger partial charge in [0.2, 0.25) is 11.8 Å². The van der Waals surface area contributed by atoms with Gasteiger partial charge < -0.3 is 20.1 Å². The highest BCUT2D eigenvalue weighted by molar-refractivity contribution is 5.78. The zero-order valence-electron chi connectivity index (χ0n) is 13.5. The minimum absolute atomic E-state index is 0.00132. The van der Waals surface area contributed by atoms with Gasteiger partial charge in [-0.3, -0.25) is 9.78 Å². The number of hydrogen-bond donors (Lipinski definition) is 1. The average molecular weight is 328 g/mol. The van der Waals surface area contributed by atoms with Gasteiger partial charge in [0.15, 0.2) is 11.5 Å². The lowest BCUT2D eigenvalue weighted by atomic mass is 10.1. The summed E-state index contributed by atoms with van der Waals surface area (Å²) in [4.78, 5) is 22.4. The molecule has 24 heavy (non-hydrogen) atoms. The maximum absolute atomic E-state index is 12.0. The van der Waals surface area contributed by atoms with Gasteiger partial charge in [-0.05, 0) is 25.0 Å². The van der Waals surface area contributed by atoms with E-state index in [1.54, 1.807) is 30.5 Å². The maximum atomic E-state index is 12.0. The Morgan fingerprint density at radius 1 is 1.33 bits per heavy atom. The van der Waals surface area contributed by atoms with E-state index >= 15 is 0 Å². The molecule has 1 atom stereocenters. The highest BCUT2D eigenvalue weighted by atomic mass is 16.5. The number of methoxy groups -OCH3 is 1. The van der Waals surface area contributed by atoms with Crippen LogP contribution in [0.4, 0.5) is 0 Å². The molecule has 2 aromatic rings. The molecule has 0 aliphatic carbocycles. The van der Waals surface area contributed by atoms with Crippen LogP contribution >= 0.6 is 0 Å². The number of amides is 1. The van der Waals surface area contributed by atoms with E-state index in [4.69, 9.17) is 15.2 Å². The van der Waals surface area contributed by atoms with Gasteiger partial charge in [0.25, 0.3) is 0 Å². The molecule has 0 unspecified atom stereocenters. The number of nitrogens with two attached hydrogens (primary N) is 1. The average Bonchev–Trinajstić information content (AvgIpc) is 3.11. The molecule has 0 saturated carbocycles. The topological polar surface area (TPSA) is 90.6 Å². The van der Waals surface area contributed by atoms with Crippen LogP contribution in [-0.2, 0) is 4.79 Å². The second-order valence-corrected chi connectivity index (χ2v) is 5.48. The van der Waals surface area contributed by atoms with Crippen molar-refractivity contribution in [1.82, 2.24) is 14.9 Å². The molecule has 1 aliphatic heterocycles. The van der Waals surface area contributed by atoms with Crippen molar-refractivity contribution in [3.63, 3.8) is 0 Å². The molecule has 3 rings (SSSR count). The van der Waals surface area contributed by atoms with Crippen LogP contribution in [0, 0.1) is 0 Å². The molecule has 2 heterocycles. The number of aromatic nitrogens is 2. The van der Waals surface area contributed by atoms with Crippen LogP contribution in [0.25, 0.3) is 0 Å². The molecule has 1 aromatic heterocycles. The summed E-state index contributed by atoms with van der Waals surface area (Å²) in [7, 11) is 1.58. The minimum Gasteiger partial charge on any atom is -0.493 e. The smallest absolute Gasteiger partial charge is 0.238 e. The predicted octanol–water partition coefficient (Wildman–Crippen LogP) is 1.90. The van der Waals surface area contributed by atoms with Crippen molar-refractivity contribution in [3.8, 4) is 17.4 Å². The Labute approximate surface area is 140 Å². The van der Waals surface area contributed by atoms with Crippen molar-refractivity contribution in [2.45, 2.75) is 18.9 Å². The van der Waals surface area contributed by atoms with Gasteiger partial charge >= 0.3 is 0 Å². The van der Waals surface area contributed by atoms with Crippen molar-refractivity contribution in [2.75, 3.05) is 20.2 Å².